The molecule has 4 aliphatic rings. The molecule has 2 aromatic carbocycles. The van der Waals surface area contributed by atoms with Gasteiger partial charge in [-0.2, -0.15) is 0 Å². The van der Waals surface area contributed by atoms with Crippen LogP contribution in [0.2, 0.25) is 0 Å². The number of carbonyl (C=O) groups excluding carboxylic acids is 7. The normalized spacial score (nSPS) is 34.7. The lowest BCUT2D eigenvalue weighted by atomic mass is 9.43. The van der Waals surface area contributed by atoms with Crippen molar-refractivity contribution in [1.82, 2.24) is 0 Å². The van der Waals surface area contributed by atoms with E-state index in [0.29, 0.717) is 5.56 Å². The van der Waals surface area contributed by atoms with E-state index in [4.69, 9.17) is 33.2 Å². The van der Waals surface area contributed by atoms with Crippen molar-refractivity contribution in [3.63, 3.8) is 0 Å². The van der Waals surface area contributed by atoms with Crippen LogP contribution in [0.15, 0.2) is 78.9 Å². The maximum absolute atomic E-state index is 14.4. The summed E-state index contributed by atoms with van der Waals surface area (Å²) in [4.78, 5) is 95.0. The second-order valence-corrected chi connectivity index (χ2v) is 16.0. The lowest BCUT2D eigenvalue weighted by molar-refractivity contribution is -0.302. The summed E-state index contributed by atoms with van der Waals surface area (Å²) >= 11 is 0. The van der Waals surface area contributed by atoms with E-state index in [1.165, 1.54) is 31.2 Å². The molecule has 15 nitrogen and oxygen atoms in total. The minimum atomic E-state index is -2.54. The predicted molar refractivity (Wildman–Crippen MR) is 205 cm³/mol. The van der Waals surface area contributed by atoms with Crippen molar-refractivity contribution in [3.8, 4) is 0 Å². The van der Waals surface area contributed by atoms with E-state index in [-0.39, 0.29) is 24.2 Å². The quantitative estimate of drug-likeness (QED) is 0.156. The molecule has 1 aliphatic heterocycles. The number of hydrogen-bond acceptors (Lipinski definition) is 15. The second kappa shape index (κ2) is 16.2. The van der Waals surface area contributed by atoms with Crippen molar-refractivity contribution in [2.45, 2.75) is 96.1 Å². The zero-order valence-electron chi connectivity index (χ0n) is 33.7. The zero-order chi connectivity index (χ0) is 43.1. The molecule has 0 spiro atoms. The summed E-state index contributed by atoms with van der Waals surface area (Å²) in [7, 11) is 0. The first-order valence-electron chi connectivity index (χ1n) is 19.2. The Balaban J connectivity index is 1.65. The Hall–Kier alpha value is -5.67. The highest BCUT2D eigenvalue weighted by molar-refractivity contribution is 5.92. The monoisotopic (exact) mass is 816 g/mol. The molecule has 0 unspecified atom stereocenters. The van der Waals surface area contributed by atoms with Crippen molar-refractivity contribution in [2.24, 2.45) is 22.7 Å². The Morgan fingerprint density at radius 1 is 0.814 bits per heavy atom. The van der Waals surface area contributed by atoms with Crippen LogP contribution in [0.25, 0.3) is 6.08 Å². The van der Waals surface area contributed by atoms with Gasteiger partial charge >= 0.3 is 35.8 Å². The number of ketones is 1. The molecule has 4 bridgehead atoms. The van der Waals surface area contributed by atoms with Gasteiger partial charge in [0.15, 0.2) is 23.6 Å². The van der Waals surface area contributed by atoms with Crippen LogP contribution < -0.4 is 0 Å². The second-order valence-electron chi connectivity index (χ2n) is 16.0. The number of carbonyl (C=O) groups is 7. The van der Waals surface area contributed by atoms with Crippen LogP contribution >= 0.6 is 0 Å². The highest BCUT2D eigenvalue weighted by atomic mass is 16.6. The Morgan fingerprint density at radius 2 is 1.39 bits per heavy atom. The average molecular weight is 817 g/mol. The van der Waals surface area contributed by atoms with E-state index in [0.717, 1.165) is 27.7 Å². The van der Waals surface area contributed by atoms with Gasteiger partial charge in [0.05, 0.1) is 17.6 Å². The van der Waals surface area contributed by atoms with E-state index in [9.17, 15) is 38.7 Å². The molecular formula is C44H48O15. The summed E-state index contributed by atoms with van der Waals surface area (Å²) in [6, 6.07) is 16.8. The molecule has 15 heteroatoms. The van der Waals surface area contributed by atoms with E-state index < -0.39 is 119 Å². The number of ether oxygens (including phenoxy) is 7. The number of rotatable bonds is 10. The molecule has 0 amide bonds. The third-order valence-corrected chi connectivity index (χ3v) is 12.5. The summed E-state index contributed by atoms with van der Waals surface area (Å²) < 4.78 is 42.7. The fraction of sp³-hybridized carbons (Fsp3) is 0.477. The summed E-state index contributed by atoms with van der Waals surface area (Å²) in [5, 5.41) is 13.4. The topological polar surface area (TPSA) is 204 Å². The lowest BCUT2D eigenvalue weighted by Gasteiger charge is -2.65. The van der Waals surface area contributed by atoms with Gasteiger partial charge in [0.1, 0.15) is 30.5 Å². The van der Waals surface area contributed by atoms with Gasteiger partial charge in [-0.1, -0.05) is 62.0 Å². The van der Waals surface area contributed by atoms with Gasteiger partial charge in [-0.05, 0) is 36.3 Å². The summed E-state index contributed by atoms with van der Waals surface area (Å²) in [5.74, 6) is -8.70. The van der Waals surface area contributed by atoms with Gasteiger partial charge in [-0.15, -0.1) is 0 Å². The first kappa shape index (κ1) is 42.9. The van der Waals surface area contributed by atoms with Gasteiger partial charge in [-0.3, -0.25) is 24.0 Å². The average Bonchev–Trinajstić information content (AvgIpc) is 3.32. The maximum atomic E-state index is 14.4. The van der Waals surface area contributed by atoms with Crippen LogP contribution in [0.1, 0.15) is 70.3 Å². The summed E-state index contributed by atoms with van der Waals surface area (Å²) in [6.07, 6.45) is -6.44. The number of benzene rings is 2. The van der Waals surface area contributed by atoms with Crippen LogP contribution in [0.4, 0.5) is 0 Å². The smallest absolute Gasteiger partial charge is 0.338 e. The fourth-order valence-corrected chi connectivity index (χ4v) is 9.88. The largest absolute Gasteiger partial charge is 0.462 e. The van der Waals surface area contributed by atoms with Crippen molar-refractivity contribution in [3.05, 3.63) is 90.0 Å². The van der Waals surface area contributed by atoms with Crippen molar-refractivity contribution < 1.29 is 71.8 Å². The van der Waals surface area contributed by atoms with E-state index in [2.05, 4.69) is 6.58 Å². The van der Waals surface area contributed by atoms with Crippen LogP contribution in [0.3, 0.4) is 0 Å². The van der Waals surface area contributed by atoms with Gasteiger partial charge in [0.25, 0.3) is 0 Å². The SMILES string of the molecule is C=C1[C@@H](OC(=O)/C=C\c2ccccc2)C[C@H](OC(C)=O)[C@@]2(COC(=O)c3ccccc3)[C@H](OC(C)=O)[C@@H](OC(C)=O)[C@@]3(O)[C@@]4(C)OC[C@]3(C)[C@@H](CC4=O)[C@H](OC(C)=O)[C@H]12. The van der Waals surface area contributed by atoms with Gasteiger partial charge in [0.2, 0.25) is 0 Å². The number of Topliss-reactive ketones (excluding diaryl/α,β-unsaturated/α-hetero) is 1. The maximum Gasteiger partial charge on any atom is 0.338 e. The molecule has 0 radical (unpaired) electrons. The molecule has 59 heavy (non-hydrogen) atoms. The minimum Gasteiger partial charge on any atom is -0.462 e. The lowest BCUT2D eigenvalue weighted by Crippen LogP contribution is -2.81. The number of hydrogen-bond donors (Lipinski definition) is 1. The predicted octanol–water partition coefficient (Wildman–Crippen LogP) is 3.89. The van der Waals surface area contributed by atoms with Gasteiger partial charge in [0, 0.05) is 63.9 Å². The molecule has 4 fully saturated rings. The van der Waals surface area contributed by atoms with Crippen molar-refractivity contribution in [1.29, 1.82) is 0 Å². The summed E-state index contributed by atoms with van der Waals surface area (Å²) in [5.41, 5.74) is -7.59. The number of esters is 6. The van der Waals surface area contributed by atoms with Crippen LogP contribution in [-0.4, -0.2) is 102 Å². The van der Waals surface area contributed by atoms with Crippen LogP contribution in [0, 0.1) is 22.7 Å². The minimum absolute atomic E-state index is 0.0318. The molecule has 1 heterocycles. The Labute approximate surface area is 340 Å². The fourth-order valence-electron chi connectivity index (χ4n) is 9.88. The molecular weight excluding hydrogens is 768 g/mol. The molecule has 1 N–H and O–H groups in total. The van der Waals surface area contributed by atoms with Gasteiger partial charge < -0.3 is 38.3 Å². The molecule has 6 rings (SSSR count). The Bertz CT molecular complexity index is 2060. The first-order valence-corrected chi connectivity index (χ1v) is 19.2. The zero-order valence-corrected chi connectivity index (χ0v) is 33.7. The Kier molecular flexibility index (Phi) is 11.8. The van der Waals surface area contributed by atoms with Crippen molar-refractivity contribution >= 4 is 47.7 Å². The van der Waals surface area contributed by atoms with Crippen LogP contribution in [0.5, 0.6) is 0 Å². The van der Waals surface area contributed by atoms with E-state index in [1.54, 1.807) is 49.4 Å². The highest BCUT2D eigenvalue weighted by Crippen LogP contribution is 2.67. The molecule has 11 atom stereocenters. The number of aliphatic hydroxyl groups is 1. The molecule has 1 saturated heterocycles. The molecule has 0 aromatic heterocycles. The standard InChI is InChI=1S/C44H48O15/c1-24-32(59-35(50)19-18-29-14-10-8-11-15-29)21-34(55-25(2)45)43(23-53-40(51)30-16-12-9-13-17-30)36(24)37(56-26(3)46)31-20-33(49)42(7)44(52,41(31,6)22-54-42)39(58-28(5)48)38(43)57-27(4)47/h8-19,31-32,34,36-39,52H,1,20-23H2,2-7H3/b19-18-/t31-,32-,34-,36-,37-,38+,39+,41+,42-,43+,44-/m0/s1. The summed E-state index contributed by atoms with van der Waals surface area (Å²) in [6.45, 7) is 10.4. The molecule has 2 aromatic rings. The Morgan fingerprint density at radius 3 is 1.98 bits per heavy atom. The third kappa shape index (κ3) is 7.35. The molecule has 3 saturated carbocycles. The van der Waals surface area contributed by atoms with E-state index in [1.807, 2.05) is 6.07 Å². The van der Waals surface area contributed by atoms with Crippen molar-refractivity contribution in [2.75, 3.05) is 13.2 Å². The first-order chi connectivity index (χ1) is 27.8. The third-order valence-electron chi connectivity index (χ3n) is 12.5. The van der Waals surface area contributed by atoms with Crippen LogP contribution in [-0.2, 0) is 61.9 Å². The van der Waals surface area contributed by atoms with E-state index >= 15 is 0 Å². The van der Waals surface area contributed by atoms with Gasteiger partial charge in [-0.25, -0.2) is 9.59 Å². The highest BCUT2D eigenvalue weighted by Gasteiger charge is 2.83. The molecule has 3 aliphatic carbocycles. The molecule has 314 valence electrons. The number of fused-ring (bicyclic) bond motifs is 1.